The molecular formula is C10H16O5. The second kappa shape index (κ2) is 6.19. The summed E-state index contributed by atoms with van der Waals surface area (Å²) in [7, 11) is 0. The highest BCUT2D eigenvalue weighted by Gasteiger charge is 2.13. The molecule has 0 aliphatic rings. The molecule has 15 heavy (non-hydrogen) atoms. The number of carbonyl (C=O) groups is 2. The van der Waals surface area contributed by atoms with Crippen molar-refractivity contribution in [2.45, 2.75) is 33.3 Å². The van der Waals surface area contributed by atoms with Gasteiger partial charge < -0.3 is 4.74 Å². The van der Waals surface area contributed by atoms with Crippen molar-refractivity contribution in [1.82, 2.24) is 0 Å². The van der Waals surface area contributed by atoms with Crippen molar-refractivity contribution in [3.05, 3.63) is 12.2 Å². The number of rotatable bonds is 4. The summed E-state index contributed by atoms with van der Waals surface area (Å²) >= 11 is 0. The van der Waals surface area contributed by atoms with Crippen LogP contribution in [0.3, 0.4) is 0 Å². The van der Waals surface area contributed by atoms with E-state index in [0.717, 1.165) is 12.2 Å². The first-order valence-corrected chi connectivity index (χ1v) is 4.59. The van der Waals surface area contributed by atoms with Gasteiger partial charge in [0, 0.05) is 12.2 Å². The molecule has 0 spiro atoms. The number of esters is 1. The molecule has 0 heterocycles. The van der Waals surface area contributed by atoms with Crippen LogP contribution in [0.4, 0.5) is 0 Å². The summed E-state index contributed by atoms with van der Waals surface area (Å²) in [5.74, 6) is -1.34. The van der Waals surface area contributed by atoms with Gasteiger partial charge in [-0.05, 0) is 27.7 Å². The lowest BCUT2D eigenvalue weighted by molar-refractivity contribution is -0.316. The molecule has 0 fully saturated rings. The summed E-state index contributed by atoms with van der Waals surface area (Å²) in [5, 5.41) is 0. The molecular weight excluding hydrogens is 200 g/mol. The molecule has 0 amide bonds. The number of hydrogen-bond donors (Lipinski definition) is 0. The number of ether oxygens (including phenoxy) is 1. The van der Waals surface area contributed by atoms with E-state index >= 15 is 0 Å². The molecule has 0 aromatic heterocycles. The monoisotopic (exact) mass is 216 g/mol. The second-order valence-electron chi connectivity index (χ2n) is 3.68. The van der Waals surface area contributed by atoms with Crippen LogP contribution in [0.1, 0.15) is 27.7 Å². The summed E-state index contributed by atoms with van der Waals surface area (Å²) in [6.07, 6.45) is 1.93. The molecule has 0 aliphatic heterocycles. The van der Waals surface area contributed by atoms with Gasteiger partial charge in [-0.15, -0.1) is 0 Å². The van der Waals surface area contributed by atoms with Crippen LogP contribution in [0.15, 0.2) is 12.2 Å². The first-order chi connectivity index (χ1) is 6.85. The zero-order valence-corrected chi connectivity index (χ0v) is 9.40. The molecule has 0 aliphatic carbocycles. The van der Waals surface area contributed by atoms with Gasteiger partial charge in [-0.3, -0.25) is 4.89 Å². The van der Waals surface area contributed by atoms with Gasteiger partial charge in [0.15, 0.2) is 0 Å². The Morgan fingerprint density at radius 3 is 2.13 bits per heavy atom. The molecule has 5 heteroatoms. The second-order valence-corrected chi connectivity index (χ2v) is 3.68. The molecule has 0 aromatic rings. The Kier molecular flexibility index (Phi) is 5.62. The van der Waals surface area contributed by atoms with E-state index in [1.807, 2.05) is 0 Å². The van der Waals surface area contributed by atoms with Crippen LogP contribution in [-0.4, -0.2) is 24.1 Å². The fraction of sp³-hybridized carbons (Fsp3) is 0.600. The smallest absolute Gasteiger partial charge is 0.366 e. The molecule has 0 aromatic carbocycles. The minimum absolute atomic E-state index is 0.261. The average molecular weight is 216 g/mol. The van der Waals surface area contributed by atoms with Crippen LogP contribution >= 0.6 is 0 Å². The standard InChI is InChI=1S/C10H16O5/c1-5-13-8(11)6-7-9(12)14-15-10(2,3)4/h6-7H,5H2,1-4H3/b7-6+. The van der Waals surface area contributed by atoms with E-state index in [1.54, 1.807) is 27.7 Å². The normalized spacial score (nSPS) is 11.5. The topological polar surface area (TPSA) is 61.8 Å². The minimum atomic E-state index is -0.752. The fourth-order valence-electron chi connectivity index (χ4n) is 0.520. The molecule has 5 nitrogen and oxygen atoms in total. The van der Waals surface area contributed by atoms with Gasteiger partial charge in [-0.2, -0.15) is 4.89 Å². The third kappa shape index (κ3) is 8.96. The van der Waals surface area contributed by atoms with Crippen LogP contribution in [0.5, 0.6) is 0 Å². The molecule has 86 valence electrons. The largest absolute Gasteiger partial charge is 0.463 e. The fourth-order valence-corrected chi connectivity index (χ4v) is 0.520. The highest BCUT2D eigenvalue weighted by atomic mass is 17.2. The number of hydrogen-bond acceptors (Lipinski definition) is 5. The third-order valence-electron chi connectivity index (χ3n) is 1.02. The van der Waals surface area contributed by atoms with Gasteiger partial charge in [0.1, 0.15) is 5.60 Å². The van der Waals surface area contributed by atoms with Crippen molar-refractivity contribution in [1.29, 1.82) is 0 Å². The maximum absolute atomic E-state index is 11.0. The molecule has 0 unspecified atom stereocenters. The van der Waals surface area contributed by atoms with Crippen molar-refractivity contribution in [2.24, 2.45) is 0 Å². The van der Waals surface area contributed by atoms with E-state index in [4.69, 9.17) is 4.89 Å². The average Bonchev–Trinajstić information content (AvgIpc) is 2.11. The molecule has 0 saturated heterocycles. The van der Waals surface area contributed by atoms with Crippen LogP contribution in [0.2, 0.25) is 0 Å². The van der Waals surface area contributed by atoms with E-state index < -0.39 is 17.5 Å². The zero-order chi connectivity index (χ0) is 11.9. The predicted octanol–water partition coefficient (Wildman–Crippen LogP) is 1.38. The maximum Gasteiger partial charge on any atom is 0.366 e. The number of carbonyl (C=O) groups excluding carboxylic acids is 2. The van der Waals surface area contributed by atoms with Gasteiger partial charge in [0.25, 0.3) is 0 Å². The van der Waals surface area contributed by atoms with Crippen molar-refractivity contribution in [3.8, 4) is 0 Å². The Morgan fingerprint density at radius 1 is 1.13 bits per heavy atom. The molecule has 0 bridgehead atoms. The summed E-state index contributed by atoms with van der Waals surface area (Å²) in [4.78, 5) is 30.9. The quantitative estimate of drug-likeness (QED) is 0.307. The van der Waals surface area contributed by atoms with Gasteiger partial charge >= 0.3 is 11.9 Å². The van der Waals surface area contributed by atoms with Crippen LogP contribution in [0.25, 0.3) is 0 Å². The predicted molar refractivity (Wildman–Crippen MR) is 52.7 cm³/mol. The molecule has 0 radical (unpaired) electrons. The van der Waals surface area contributed by atoms with Crippen molar-refractivity contribution in [3.63, 3.8) is 0 Å². The molecule has 0 saturated carbocycles. The highest BCUT2D eigenvalue weighted by molar-refractivity contribution is 5.91. The van der Waals surface area contributed by atoms with E-state index in [0.29, 0.717) is 0 Å². The molecule has 0 atom stereocenters. The Labute approximate surface area is 88.9 Å². The van der Waals surface area contributed by atoms with Gasteiger partial charge in [0.2, 0.25) is 0 Å². The maximum atomic E-state index is 11.0. The van der Waals surface area contributed by atoms with Crippen LogP contribution < -0.4 is 0 Å². The summed E-state index contributed by atoms with van der Waals surface area (Å²) in [6.45, 7) is 7.13. The van der Waals surface area contributed by atoms with E-state index in [2.05, 4.69) is 9.62 Å². The zero-order valence-electron chi connectivity index (χ0n) is 9.40. The minimum Gasteiger partial charge on any atom is -0.463 e. The van der Waals surface area contributed by atoms with E-state index in [9.17, 15) is 9.59 Å². The van der Waals surface area contributed by atoms with Gasteiger partial charge in [-0.25, -0.2) is 9.59 Å². The van der Waals surface area contributed by atoms with Crippen LogP contribution in [-0.2, 0) is 24.1 Å². The summed E-state index contributed by atoms with van der Waals surface area (Å²) < 4.78 is 4.56. The SMILES string of the molecule is CCOC(=O)/C=C/C(=O)OOC(C)(C)C. The first kappa shape index (κ1) is 13.6. The molecule has 0 N–H and O–H groups in total. The van der Waals surface area contributed by atoms with Crippen molar-refractivity contribution < 1.29 is 24.1 Å². The first-order valence-electron chi connectivity index (χ1n) is 4.59. The Balaban J connectivity index is 3.89. The summed E-state index contributed by atoms with van der Waals surface area (Å²) in [6, 6.07) is 0. The van der Waals surface area contributed by atoms with E-state index in [-0.39, 0.29) is 6.61 Å². The molecule has 0 rings (SSSR count). The van der Waals surface area contributed by atoms with Gasteiger partial charge in [0.05, 0.1) is 6.61 Å². The van der Waals surface area contributed by atoms with Crippen LogP contribution in [0, 0.1) is 0 Å². The third-order valence-corrected chi connectivity index (χ3v) is 1.02. The van der Waals surface area contributed by atoms with E-state index in [1.165, 1.54) is 0 Å². The highest BCUT2D eigenvalue weighted by Crippen LogP contribution is 2.06. The van der Waals surface area contributed by atoms with Crippen molar-refractivity contribution >= 4 is 11.9 Å². The Morgan fingerprint density at radius 2 is 1.67 bits per heavy atom. The van der Waals surface area contributed by atoms with Gasteiger partial charge in [-0.1, -0.05) is 0 Å². The van der Waals surface area contributed by atoms with Crippen molar-refractivity contribution in [2.75, 3.05) is 6.61 Å². The lowest BCUT2D eigenvalue weighted by Crippen LogP contribution is -2.21. The summed E-state index contributed by atoms with van der Waals surface area (Å²) in [5.41, 5.74) is -0.576. The Bertz CT molecular complexity index is 249. The lowest BCUT2D eigenvalue weighted by atomic mass is 10.2. The lowest BCUT2D eigenvalue weighted by Gasteiger charge is -2.15. The Hall–Kier alpha value is -1.36.